The predicted molar refractivity (Wildman–Crippen MR) is 118 cm³/mol. The Kier molecular flexibility index (Phi) is 6.00. The molecule has 6 heteroatoms. The molecule has 0 atom stereocenters. The van der Waals surface area contributed by atoms with E-state index in [0.717, 1.165) is 67.5 Å². The summed E-state index contributed by atoms with van der Waals surface area (Å²) in [6.07, 6.45) is 0. The van der Waals surface area contributed by atoms with Crippen LogP contribution in [0.4, 0.5) is 11.5 Å². The maximum atomic E-state index is 5.50. The van der Waals surface area contributed by atoms with Gasteiger partial charge < -0.3 is 19.7 Å². The average Bonchev–Trinajstić information content (AvgIpc) is 2.79. The molecule has 1 aliphatic heterocycles. The molecule has 1 saturated heterocycles. The molecule has 0 radical (unpaired) electrons. The van der Waals surface area contributed by atoms with Gasteiger partial charge in [0.15, 0.2) is 0 Å². The summed E-state index contributed by atoms with van der Waals surface area (Å²) in [5.41, 5.74) is 2.16. The number of pyridine rings is 1. The number of benzene rings is 2. The van der Waals surface area contributed by atoms with E-state index in [1.54, 1.807) is 14.2 Å². The number of anilines is 2. The second-order valence-corrected chi connectivity index (χ2v) is 7.18. The molecule has 1 aliphatic rings. The molecular formula is C23H28N4O2. The number of nitrogens with one attached hydrogen (secondary N) is 1. The Labute approximate surface area is 172 Å². The van der Waals surface area contributed by atoms with E-state index >= 15 is 0 Å². The second-order valence-electron chi connectivity index (χ2n) is 7.18. The van der Waals surface area contributed by atoms with Crippen LogP contribution in [0.25, 0.3) is 10.9 Å². The monoisotopic (exact) mass is 392 g/mol. The van der Waals surface area contributed by atoms with Gasteiger partial charge in [-0.25, -0.2) is 4.98 Å². The van der Waals surface area contributed by atoms with Crippen LogP contribution in [0.2, 0.25) is 0 Å². The van der Waals surface area contributed by atoms with Gasteiger partial charge in [-0.2, -0.15) is 0 Å². The van der Waals surface area contributed by atoms with E-state index in [9.17, 15) is 0 Å². The standard InChI is InChI=1S/C23H28N4O2/c1-28-19-8-9-20-18(17-19)7-10-23(25-20)24-11-12-26-13-15-27(16-14-26)21-5-3-4-6-22(21)29-2/h3-10,17H,11-16H2,1-2H3,(H,24,25). The molecular weight excluding hydrogens is 364 g/mol. The fourth-order valence-corrected chi connectivity index (χ4v) is 3.77. The van der Waals surface area contributed by atoms with Crippen LogP contribution < -0.4 is 19.7 Å². The lowest BCUT2D eigenvalue weighted by Gasteiger charge is -2.36. The predicted octanol–water partition coefficient (Wildman–Crippen LogP) is 3.49. The molecule has 0 bridgehead atoms. The zero-order chi connectivity index (χ0) is 20.1. The van der Waals surface area contributed by atoms with E-state index in [4.69, 9.17) is 14.5 Å². The van der Waals surface area contributed by atoms with Gasteiger partial charge in [-0.3, -0.25) is 4.90 Å². The van der Waals surface area contributed by atoms with Crippen LogP contribution in [0.3, 0.4) is 0 Å². The molecule has 2 aromatic carbocycles. The molecule has 152 valence electrons. The van der Waals surface area contributed by atoms with E-state index in [1.165, 1.54) is 5.69 Å². The van der Waals surface area contributed by atoms with Gasteiger partial charge in [0, 0.05) is 44.7 Å². The summed E-state index contributed by atoms with van der Waals surface area (Å²) in [5, 5.41) is 4.54. The van der Waals surface area contributed by atoms with Crippen molar-refractivity contribution in [3.8, 4) is 11.5 Å². The number of aromatic nitrogens is 1. The van der Waals surface area contributed by atoms with Crippen molar-refractivity contribution >= 4 is 22.4 Å². The van der Waals surface area contributed by atoms with Crippen LogP contribution in [0.1, 0.15) is 0 Å². The number of rotatable bonds is 7. The maximum absolute atomic E-state index is 5.50. The highest BCUT2D eigenvalue weighted by atomic mass is 16.5. The fraction of sp³-hybridized carbons (Fsp3) is 0.348. The Morgan fingerprint density at radius 2 is 1.76 bits per heavy atom. The van der Waals surface area contributed by atoms with Crippen molar-refractivity contribution in [3.05, 3.63) is 54.6 Å². The summed E-state index contributed by atoms with van der Waals surface area (Å²) >= 11 is 0. The van der Waals surface area contributed by atoms with Crippen molar-refractivity contribution in [2.75, 3.05) is 63.7 Å². The Bertz CT molecular complexity index is 955. The lowest BCUT2D eigenvalue weighted by atomic mass is 10.2. The molecule has 0 aliphatic carbocycles. The van der Waals surface area contributed by atoms with Crippen molar-refractivity contribution in [2.24, 2.45) is 0 Å². The van der Waals surface area contributed by atoms with Gasteiger partial charge in [0.1, 0.15) is 17.3 Å². The van der Waals surface area contributed by atoms with Gasteiger partial charge in [-0.1, -0.05) is 12.1 Å². The third-order valence-corrected chi connectivity index (χ3v) is 5.43. The van der Waals surface area contributed by atoms with Crippen molar-refractivity contribution in [1.29, 1.82) is 0 Å². The highest BCUT2D eigenvalue weighted by Gasteiger charge is 2.19. The fourth-order valence-electron chi connectivity index (χ4n) is 3.77. The van der Waals surface area contributed by atoms with Crippen molar-refractivity contribution < 1.29 is 9.47 Å². The van der Waals surface area contributed by atoms with Crippen molar-refractivity contribution in [3.63, 3.8) is 0 Å². The van der Waals surface area contributed by atoms with Gasteiger partial charge in [-0.05, 0) is 42.5 Å². The second kappa shape index (κ2) is 9.01. The molecule has 29 heavy (non-hydrogen) atoms. The summed E-state index contributed by atoms with van der Waals surface area (Å²) in [5.74, 6) is 2.71. The molecule has 0 unspecified atom stereocenters. The molecule has 0 spiro atoms. The van der Waals surface area contributed by atoms with Crippen molar-refractivity contribution in [2.45, 2.75) is 0 Å². The maximum Gasteiger partial charge on any atom is 0.142 e. The summed E-state index contributed by atoms with van der Waals surface area (Å²) in [4.78, 5) is 9.59. The minimum absolute atomic E-state index is 0.854. The summed E-state index contributed by atoms with van der Waals surface area (Å²) in [6, 6.07) is 18.3. The Hall–Kier alpha value is -2.99. The van der Waals surface area contributed by atoms with Gasteiger partial charge in [0.25, 0.3) is 0 Å². The smallest absolute Gasteiger partial charge is 0.142 e. The number of hydrogen-bond donors (Lipinski definition) is 1. The van der Waals surface area contributed by atoms with E-state index < -0.39 is 0 Å². The molecule has 0 amide bonds. The lowest BCUT2D eigenvalue weighted by molar-refractivity contribution is 0.266. The zero-order valence-electron chi connectivity index (χ0n) is 17.1. The minimum Gasteiger partial charge on any atom is -0.497 e. The topological polar surface area (TPSA) is 49.9 Å². The molecule has 1 fully saturated rings. The third-order valence-electron chi connectivity index (χ3n) is 5.43. The number of methoxy groups -OCH3 is 2. The largest absolute Gasteiger partial charge is 0.497 e. The minimum atomic E-state index is 0.854. The van der Waals surface area contributed by atoms with E-state index in [2.05, 4.69) is 33.3 Å². The first-order chi connectivity index (χ1) is 14.3. The summed E-state index contributed by atoms with van der Waals surface area (Å²) in [7, 11) is 3.42. The van der Waals surface area contributed by atoms with Crippen LogP contribution in [0.5, 0.6) is 11.5 Å². The van der Waals surface area contributed by atoms with Crippen LogP contribution in [0.15, 0.2) is 54.6 Å². The first kappa shape index (κ1) is 19.3. The lowest BCUT2D eigenvalue weighted by Crippen LogP contribution is -2.47. The Morgan fingerprint density at radius 3 is 2.55 bits per heavy atom. The number of ether oxygens (including phenoxy) is 2. The van der Waals surface area contributed by atoms with Gasteiger partial charge in [-0.15, -0.1) is 0 Å². The number of hydrogen-bond acceptors (Lipinski definition) is 6. The molecule has 1 aromatic heterocycles. The molecule has 0 saturated carbocycles. The molecule has 6 nitrogen and oxygen atoms in total. The van der Waals surface area contributed by atoms with Gasteiger partial charge in [0.2, 0.25) is 0 Å². The van der Waals surface area contributed by atoms with Crippen LogP contribution in [-0.2, 0) is 0 Å². The third kappa shape index (κ3) is 4.54. The normalized spacial score (nSPS) is 14.8. The Morgan fingerprint density at radius 1 is 0.931 bits per heavy atom. The number of para-hydroxylation sites is 2. The summed E-state index contributed by atoms with van der Waals surface area (Å²) < 4.78 is 10.8. The molecule has 1 N–H and O–H groups in total. The number of nitrogens with zero attached hydrogens (tertiary/aromatic N) is 3. The van der Waals surface area contributed by atoms with E-state index in [0.29, 0.717) is 0 Å². The van der Waals surface area contributed by atoms with Gasteiger partial charge >= 0.3 is 0 Å². The van der Waals surface area contributed by atoms with Crippen LogP contribution >= 0.6 is 0 Å². The van der Waals surface area contributed by atoms with Crippen LogP contribution in [0, 0.1) is 0 Å². The molecule has 3 aromatic rings. The molecule has 4 rings (SSSR count). The number of fused-ring (bicyclic) bond motifs is 1. The SMILES string of the molecule is COc1ccc2nc(NCCN3CCN(c4ccccc4OC)CC3)ccc2c1. The quantitative estimate of drug-likeness (QED) is 0.664. The van der Waals surface area contributed by atoms with E-state index in [1.807, 2.05) is 36.4 Å². The van der Waals surface area contributed by atoms with E-state index in [-0.39, 0.29) is 0 Å². The summed E-state index contributed by atoms with van der Waals surface area (Å²) in [6.45, 7) is 5.99. The first-order valence-electron chi connectivity index (χ1n) is 10.1. The van der Waals surface area contributed by atoms with Crippen molar-refractivity contribution in [1.82, 2.24) is 9.88 Å². The van der Waals surface area contributed by atoms with Gasteiger partial charge in [0.05, 0.1) is 25.4 Å². The average molecular weight is 393 g/mol. The number of piperazine rings is 1. The van der Waals surface area contributed by atoms with Crippen LogP contribution in [-0.4, -0.2) is 63.4 Å². The highest BCUT2D eigenvalue weighted by Crippen LogP contribution is 2.28. The highest BCUT2D eigenvalue weighted by molar-refractivity contribution is 5.81. The molecule has 2 heterocycles. The first-order valence-corrected chi connectivity index (χ1v) is 10.1. The Balaban J connectivity index is 1.27. The zero-order valence-corrected chi connectivity index (χ0v) is 17.1.